The first-order valence-electron chi connectivity index (χ1n) is 9.89. The molecule has 7 nitrogen and oxygen atoms in total. The van der Waals surface area contributed by atoms with E-state index in [1.165, 1.54) is 6.33 Å². The number of aromatic nitrogens is 3. The predicted octanol–water partition coefficient (Wildman–Crippen LogP) is 3.89. The van der Waals surface area contributed by atoms with Gasteiger partial charge in [-0.2, -0.15) is 5.10 Å². The van der Waals surface area contributed by atoms with Crippen LogP contribution in [-0.4, -0.2) is 45.0 Å². The molecule has 0 atom stereocenters. The topological polar surface area (TPSA) is 91.0 Å². The van der Waals surface area contributed by atoms with Crippen molar-refractivity contribution in [2.24, 2.45) is 0 Å². The van der Waals surface area contributed by atoms with Crippen LogP contribution in [0.2, 0.25) is 0 Å². The van der Waals surface area contributed by atoms with Gasteiger partial charge in [0.15, 0.2) is 5.16 Å². The van der Waals surface area contributed by atoms with Crippen molar-refractivity contribution in [2.75, 3.05) is 18.4 Å². The third kappa shape index (κ3) is 4.54. The van der Waals surface area contributed by atoms with Gasteiger partial charge < -0.3 is 10.2 Å². The van der Waals surface area contributed by atoms with Gasteiger partial charge in [-0.05, 0) is 49.1 Å². The Morgan fingerprint density at radius 2 is 1.90 bits per heavy atom. The summed E-state index contributed by atoms with van der Waals surface area (Å²) in [6, 6.07) is 13.0. The molecule has 2 amide bonds. The van der Waals surface area contributed by atoms with Crippen LogP contribution in [0.4, 0.5) is 5.69 Å². The number of thioether (sulfide) groups is 1. The van der Waals surface area contributed by atoms with Crippen LogP contribution in [0.15, 0.2) is 53.9 Å². The van der Waals surface area contributed by atoms with E-state index in [1.54, 1.807) is 30.0 Å². The number of carbonyl (C=O) groups is 2. The first kappa shape index (κ1) is 20.2. The highest BCUT2D eigenvalue weighted by atomic mass is 32.2. The predicted molar refractivity (Wildman–Crippen MR) is 117 cm³/mol. The fourth-order valence-corrected chi connectivity index (χ4v) is 4.23. The summed E-state index contributed by atoms with van der Waals surface area (Å²) < 4.78 is 0. The molecule has 1 aliphatic rings. The van der Waals surface area contributed by atoms with Crippen molar-refractivity contribution in [3.8, 4) is 0 Å². The number of aryl methyl sites for hydroxylation is 1. The van der Waals surface area contributed by atoms with Crippen LogP contribution in [0.3, 0.4) is 0 Å². The Morgan fingerprint density at radius 1 is 1.13 bits per heavy atom. The maximum absolute atomic E-state index is 13.0. The Hall–Kier alpha value is -3.13. The zero-order chi connectivity index (χ0) is 20.9. The SMILES string of the molecule is Cc1cccc(NC(=O)c2ccc(CSc3ncn[nH]3)cc2)c1C(=O)N1CCCC1. The molecule has 1 fully saturated rings. The molecule has 2 aromatic carbocycles. The lowest BCUT2D eigenvalue weighted by Crippen LogP contribution is -2.29. The minimum atomic E-state index is -0.231. The fourth-order valence-electron chi connectivity index (χ4n) is 3.50. The van der Waals surface area contributed by atoms with Crippen LogP contribution in [0.25, 0.3) is 0 Å². The highest BCUT2D eigenvalue weighted by molar-refractivity contribution is 7.98. The second-order valence-electron chi connectivity index (χ2n) is 7.23. The monoisotopic (exact) mass is 421 g/mol. The molecule has 3 aromatic rings. The molecule has 2 N–H and O–H groups in total. The zero-order valence-corrected chi connectivity index (χ0v) is 17.5. The molecule has 8 heteroatoms. The van der Waals surface area contributed by atoms with E-state index in [0.717, 1.165) is 48.0 Å². The van der Waals surface area contributed by atoms with E-state index in [0.29, 0.717) is 16.8 Å². The zero-order valence-electron chi connectivity index (χ0n) is 16.7. The largest absolute Gasteiger partial charge is 0.339 e. The molecule has 154 valence electrons. The molecule has 1 aliphatic heterocycles. The number of rotatable bonds is 6. The molecule has 0 saturated carbocycles. The summed E-state index contributed by atoms with van der Waals surface area (Å²) in [5, 5.41) is 10.3. The molecule has 4 rings (SSSR count). The molecule has 0 spiro atoms. The fraction of sp³-hybridized carbons (Fsp3) is 0.273. The van der Waals surface area contributed by atoms with E-state index in [-0.39, 0.29) is 11.8 Å². The molecule has 1 aromatic heterocycles. The molecule has 0 unspecified atom stereocenters. The number of nitrogens with zero attached hydrogens (tertiary/aromatic N) is 3. The van der Waals surface area contributed by atoms with Gasteiger partial charge in [0.1, 0.15) is 6.33 Å². The third-order valence-electron chi connectivity index (χ3n) is 5.11. The van der Waals surface area contributed by atoms with Crippen LogP contribution in [0.5, 0.6) is 0 Å². The number of likely N-dealkylation sites (tertiary alicyclic amines) is 1. The van der Waals surface area contributed by atoms with E-state index in [1.807, 2.05) is 36.1 Å². The van der Waals surface area contributed by atoms with Gasteiger partial charge in [0.2, 0.25) is 0 Å². The molecule has 0 radical (unpaired) electrons. The molecule has 0 aliphatic carbocycles. The van der Waals surface area contributed by atoms with Crippen LogP contribution in [0.1, 0.15) is 44.7 Å². The van der Waals surface area contributed by atoms with Crippen LogP contribution in [-0.2, 0) is 5.75 Å². The second kappa shape index (κ2) is 9.13. The number of carbonyl (C=O) groups excluding carboxylic acids is 2. The molecule has 0 bridgehead atoms. The highest BCUT2D eigenvalue weighted by Gasteiger charge is 2.24. The lowest BCUT2D eigenvalue weighted by molar-refractivity contribution is 0.0793. The summed E-state index contributed by atoms with van der Waals surface area (Å²) in [7, 11) is 0. The maximum atomic E-state index is 13.0. The van der Waals surface area contributed by atoms with Gasteiger partial charge in [-0.25, -0.2) is 4.98 Å². The maximum Gasteiger partial charge on any atom is 0.256 e. The molecule has 1 saturated heterocycles. The molecular formula is C22H23N5O2S. The van der Waals surface area contributed by atoms with Gasteiger partial charge in [0.25, 0.3) is 11.8 Å². The Morgan fingerprint density at radius 3 is 2.60 bits per heavy atom. The van der Waals surface area contributed by atoms with E-state index in [9.17, 15) is 9.59 Å². The van der Waals surface area contributed by atoms with E-state index >= 15 is 0 Å². The number of amides is 2. The Balaban J connectivity index is 1.46. The first-order valence-corrected chi connectivity index (χ1v) is 10.9. The Kier molecular flexibility index (Phi) is 6.13. The van der Waals surface area contributed by atoms with Crippen LogP contribution < -0.4 is 5.32 Å². The lowest BCUT2D eigenvalue weighted by atomic mass is 10.0. The number of nitrogens with one attached hydrogen (secondary N) is 2. The minimum absolute atomic E-state index is 0.0133. The second-order valence-corrected chi connectivity index (χ2v) is 8.19. The van der Waals surface area contributed by atoms with Crippen molar-refractivity contribution in [1.82, 2.24) is 20.1 Å². The quantitative estimate of drug-likeness (QED) is 0.589. The average Bonchev–Trinajstić information content (AvgIpc) is 3.46. The van der Waals surface area contributed by atoms with Crippen LogP contribution in [0, 0.1) is 6.92 Å². The third-order valence-corrected chi connectivity index (χ3v) is 6.06. The normalized spacial score (nSPS) is 13.4. The molecular weight excluding hydrogens is 398 g/mol. The number of benzene rings is 2. The summed E-state index contributed by atoms with van der Waals surface area (Å²) in [6.45, 7) is 3.45. The van der Waals surface area contributed by atoms with Crippen molar-refractivity contribution in [3.05, 3.63) is 71.0 Å². The number of aromatic amines is 1. The van der Waals surface area contributed by atoms with Crippen molar-refractivity contribution >= 4 is 29.3 Å². The summed E-state index contributed by atoms with van der Waals surface area (Å²) >= 11 is 1.54. The summed E-state index contributed by atoms with van der Waals surface area (Å²) in [6.07, 6.45) is 3.53. The highest BCUT2D eigenvalue weighted by Crippen LogP contribution is 2.24. The summed E-state index contributed by atoms with van der Waals surface area (Å²) in [4.78, 5) is 31.7. The van der Waals surface area contributed by atoms with Gasteiger partial charge >= 0.3 is 0 Å². The molecule has 2 heterocycles. The Bertz CT molecular complexity index is 1030. The summed E-state index contributed by atoms with van der Waals surface area (Å²) in [5.74, 6) is 0.481. The first-order chi connectivity index (χ1) is 14.6. The van der Waals surface area contributed by atoms with Crippen molar-refractivity contribution in [2.45, 2.75) is 30.7 Å². The van der Waals surface area contributed by atoms with E-state index in [2.05, 4.69) is 20.5 Å². The van der Waals surface area contributed by atoms with Crippen molar-refractivity contribution < 1.29 is 9.59 Å². The number of anilines is 1. The van der Waals surface area contributed by atoms with Gasteiger partial charge in [-0.3, -0.25) is 14.7 Å². The average molecular weight is 422 g/mol. The van der Waals surface area contributed by atoms with Gasteiger partial charge in [-0.15, -0.1) is 0 Å². The number of H-pyrrole nitrogens is 1. The minimum Gasteiger partial charge on any atom is -0.339 e. The van der Waals surface area contributed by atoms with Crippen LogP contribution >= 0.6 is 11.8 Å². The van der Waals surface area contributed by atoms with Gasteiger partial charge in [0, 0.05) is 24.4 Å². The van der Waals surface area contributed by atoms with Crippen molar-refractivity contribution in [1.29, 1.82) is 0 Å². The standard InChI is InChI=1S/C22H23N5O2S/c1-15-5-4-6-18(19(15)21(29)27-11-2-3-12-27)25-20(28)17-9-7-16(8-10-17)13-30-22-23-14-24-26-22/h4-10,14H,2-3,11-13H2,1H3,(H,25,28)(H,23,24,26). The van der Waals surface area contributed by atoms with Gasteiger partial charge in [-0.1, -0.05) is 36.0 Å². The van der Waals surface area contributed by atoms with E-state index in [4.69, 9.17) is 0 Å². The lowest BCUT2D eigenvalue weighted by Gasteiger charge is -2.19. The number of hydrogen-bond acceptors (Lipinski definition) is 5. The van der Waals surface area contributed by atoms with E-state index < -0.39 is 0 Å². The summed E-state index contributed by atoms with van der Waals surface area (Å²) in [5.41, 5.74) is 3.62. The molecule has 30 heavy (non-hydrogen) atoms. The van der Waals surface area contributed by atoms with Gasteiger partial charge in [0.05, 0.1) is 11.3 Å². The smallest absolute Gasteiger partial charge is 0.256 e. The Labute approximate surface area is 179 Å². The number of hydrogen-bond donors (Lipinski definition) is 2. The van der Waals surface area contributed by atoms with Crippen molar-refractivity contribution in [3.63, 3.8) is 0 Å².